The van der Waals surface area contributed by atoms with Crippen molar-refractivity contribution < 1.29 is 13.3 Å². The molecule has 0 fully saturated rings. The number of hydrogen-bond donors (Lipinski definition) is 0. The summed E-state index contributed by atoms with van der Waals surface area (Å²) in [6.45, 7) is 4.00. The SMILES string of the molecule is CC=CC(C)[Si](OC)(OC)OC. The van der Waals surface area contributed by atoms with E-state index in [-0.39, 0.29) is 5.54 Å². The molecule has 0 aromatic carbocycles. The van der Waals surface area contributed by atoms with Crippen molar-refractivity contribution in [3.05, 3.63) is 12.2 Å². The van der Waals surface area contributed by atoms with Gasteiger partial charge in [-0.15, -0.1) is 0 Å². The smallest absolute Gasteiger partial charge is 0.376 e. The third-order valence-corrected chi connectivity index (χ3v) is 4.91. The first-order valence-electron chi connectivity index (χ1n) is 3.95. The molecule has 12 heavy (non-hydrogen) atoms. The molecule has 0 spiro atoms. The number of rotatable bonds is 5. The molecule has 0 amide bonds. The van der Waals surface area contributed by atoms with Gasteiger partial charge in [0.15, 0.2) is 0 Å². The molecule has 0 saturated heterocycles. The zero-order valence-corrected chi connectivity index (χ0v) is 9.46. The van der Waals surface area contributed by atoms with Crippen LogP contribution in [0, 0.1) is 0 Å². The van der Waals surface area contributed by atoms with Crippen LogP contribution in [0.15, 0.2) is 12.2 Å². The normalized spacial score (nSPS) is 15.4. The van der Waals surface area contributed by atoms with Crippen molar-refractivity contribution >= 4 is 8.80 Å². The van der Waals surface area contributed by atoms with E-state index >= 15 is 0 Å². The lowest BCUT2D eigenvalue weighted by Gasteiger charge is -2.28. The van der Waals surface area contributed by atoms with Gasteiger partial charge < -0.3 is 13.3 Å². The zero-order valence-electron chi connectivity index (χ0n) is 8.46. The molecule has 0 bridgehead atoms. The first-order chi connectivity index (χ1) is 5.66. The summed E-state index contributed by atoms with van der Waals surface area (Å²) in [7, 11) is 2.44. The van der Waals surface area contributed by atoms with E-state index in [9.17, 15) is 0 Å². The van der Waals surface area contributed by atoms with Crippen LogP contribution in [-0.2, 0) is 13.3 Å². The van der Waals surface area contributed by atoms with Crippen molar-refractivity contribution in [3.8, 4) is 0 Å². The summed E-state index contributed by atoms with van der Waals surface area (Å²) in [5.74, 6) is 0. The Kier molecular flexibility index (Phi) is 5.40. The van der Waals surface area contributed by atoms with Gasteiger partial charge in [0.05, 0.1) is 0 Å². The molecule has 0 aliphatic rings. The van der Waals surface area contributed by atoms with E-state index in [4.69, 9.17) is 13.3 Å². The fraction of sp³-hybridized carbons (Fsp3) is 0.750. The average Bonchev–Trinajstić information content (AvgIpc) is 2.09. The molecule has 0 aliphatic carbocycles. The second-order valence-corrected chi connectivity index (χ2v) is 5.87. The fourth-order valence-electron chi connectivity index (χ4n) is 1.21. The topological polar surface area (TPSA) is 27.7 Å². The Labute approximate surface area is 75.7 Å². The van der Waals surface area contributed by atoms with Crippen molar-refractivity contribution in [2.24, 2.45) is 0 Å². The minimum Gasteiger partial charge on any atom is -0.376 e. The minimum atomic E-state index is -2.43. The highest BCUT2D eigenvalue weighted by atomic mass is 28.4. The first kappa shape index (κ1) is 11.8. The standard InChI is InChI=1S/C8H18O3Si/c1-6-7-8(2)12(9-3,10-4)11-5/h6-8H,1-5H3. The fourth-order valence-corrected chi connectivity index (χ4v) is 3.26. The van der Waals surface area contributed by atoms with E-state index in [2.05, 4.69) is 0 Å². The van der Waals surface area contributed by atoms with Gasteiger partial charge in [-0.2, -0.15) is 0 Å². The van der Waals surface area contributed by atoms with Crippen LogP contribution in [0.2, 0.25) is 5.54 Å². The van der Waals surface area contributed by atoms with Gasteiger partial charge in [0, 0.05) is 26.9 Å². The molecular weight excluding hydrogens is 172 g/mol. The van der Waals surface area contributed by atoms with Crippen LogP contribution in [0.3, 0.4) is 0 Å². The molecule has 72 valence electrons. The highest BCUT2D eigenvalue weighted by molar-refractivity contribution is 6.62. The third kappa shape index (κ3) is 2.41. The highest BCUT2D eigenvalue weighted by Crippen LogP contribution is 2.24. The Hall–Kier alpha value is -0.163. The van der Waals surface area contributed by atoms with Gasteiger partial charge in [0.1, 0.15) is 0 Å². The lowest BCUT2D eigenvalue weighted by Crippen LogP contribution is -2.46. The molecule has 3 nitrogen and oxygen atoms in total. The predicted molar refractivity (Wildman–Crippen MR) is 51.0 cm³/mol. The van der Waals surface area contributed by atoms with Gasteiger partial charge in [0.2, 0.25) is 0 Å². The maximum atomic E-state index is 5.29. The number of allylic oxidation sites excluding steroid dienone is 2. The van der Waals surface area contributed by atoms with Gasteiger partial charge in [0.25, 0.3) is 0 Å². The van der Waals surface area contributed by atoms with Gasteiger partial charge >= 0.3 is 8.80 Å². The third-order valence-electron chi connectivity index (χ3n) is 1.89. The summed E-state index contributed by atoms with van der Waals surface area (Å²) in [4.78, 5) is 0. The van der Waals surface area contributed by atoms with Crippen molar-refractivity contribution in [1.82, 2.24) is 0 Å². The largest absolute Gasteiger partial charge is 0.507 e. The predicted octanol–water partition coefficient (Wildman–Crippen LogP) is 1.83. The molecule has 0 N–H and O–H groups in total. The summed E-state index contributed by atoms with van der Waals surface area (Å²) in [6.07, 6.45) is 4.01. The summed E-state index contributed by atoms with van der Waals surface area (Å²) in [6, 6.07) is 0. The van der Waals surface area contributed by atoms with E-state index in [0.29, 0.717) is 0 Å². The van der Waals surface area contributed by atoms with Crippen LogP contribution in [0.1, 0.15) is 13.8 Å². The van der Waals surface area contributed by atoms with Gasteiger partial charge in [-0.05, 0) is 6.92 Å². The quantitative estimate of drug-likeness (QED) is 0.489. The Balaban J connectivity index is 4.46. The summed E-state index contributed by atoms with van der Waals surface area (Å²) in [5.41, 5.74) is 0.197. The molecule has 0 aromatic heterocycles. The molecule has 0 aromatic rings. The van der Waals surface area contributed by atoms with Crippen LogP contribution in [-0.4, -0.2) is 30.1 Å². The van der Waals surface area contributed by atoms with E-state index in [1.165, 1.54) is 0 Å². The molecular formula is C8H18O3Si. The monoisotopic (exact) mass is 190 g/mol. The minimum absolute atomic E-state index is 0.197. The van der Waals surface area contributed by atoms with Crippen LogP contribution < -0.4 is 0 Å². The van der Waals surface area contributed by atoms with Crippen LogP contribution >= 0.6 is 0 Å². The summed E-state index contributed by atoms with van der Waals surface area (Å²) < 4.78 is 15.9. The Bertz CT molecular complexity index is 135. The Morgan fingerprint density at radius 1 is 1.08 bits per heavy atom. The van der Waals surface area contributed by atoms with Gasteiger partial charge in [-0.1, -0.05) is 19.1 Å². The lowest BCUT2D eigenvalue weighted by atomic mass is 10.4. The maximum Gasteiger partial charge on any atom is 0.507 e. The van der Waals surface area contributed by atoms with E-state index in [1.54, 1.807) is 21.3 Å². The van der Waals surface area contributed by atoms with Crippen molar-refractivity contribution in [3.63, 3.8) is 0 Å². The van der Waals surface area contributed by atoms with Crippen molar-refractivity contribution in [2.75, 3.05) is 21.3 Å². The molecule has 0 heterocycles. The molecule has 4 heteroatoms. The average molecular weight is 190 g/mol. The molecule has 0 radical (unpaired) electrons. The van der Waals surface area contributed by atoms with Gasteiger partial charge in [-0.25, -0.2) is 0 Å². The van der Waals surface area contributed by atoms with E-state index < -0.39 is 8.80 Å². The lowest BCUT2D eigenvalue weighted by molar-refractivity contribution is 0.118. The maximum absolute atomic E-state index is 5.29. The first-order valence-corrected chi connectivity index (χ1v) is 5.75. The van der Waals surface area contributed by atoms with E-state index in [0.717, 1.165) is 0 Å². The van der Waals surface area contributed by atoms with Crippen LogP contribution in [0.5, 0.6) is 0 Å². The van der Waals surface area contributed by atoms with Crippen LogP contribution in [0.4, 0.5) is 0 Å². The molecule has 1 atom stereocenters. The van der Waals surface area contributed by atoms with Crippen LogP contribution in [0.25, 0.3) is 0 Å². The summed E-state index contributed by atoms with van der Waals surface area (Å²) in [5, 5.41) is 0. The highest BCUT2D eigenvalue weighted by Gasteiger charge is 2.43. The zero-order chi connectivity index (χ0) is 9.61. The molecule has 0 saturated carbocycles. The summed E-state index contributed by atoms with van der Waals surface area (Å²) >= 11 is 0. The number of hydrogen-bond acceptors (Lipinski definition) is 3. The Morgan fingerprint density at radius 2 is 1.50 bits per heavy atom. The molecule has 0 aliphatic heterocycles. The van der Waals surface area contributed by atoms with Crippen molar-refractivity contribution in [1.29, 1.82) is 0 Å². The molecule has 1 unspecified atom stereocenters. The van der Waals surface area contributed by atoms with Gasteiger partial charge in [-0.3, -0.25) is 0 Å². The van der Waals surface area contributed by atoms with E-state index in [1.807, 2.05) is 26.0 Å². The Morgan fingerprint density at radius 3 is 1.75 bits per heavy atom. The second kappa shape index (κ2) is 5.48. The second-order valence-electron chi connectivity index (χ2n) is 2.53. The molecule has 0 rings (SSSR count). The van der Waals surface area contributed by atoms with Crippen molar-refractivity contribution in [2.45, 2.75) is 19.4 Å².